The van der Waals surface area contributed by atoms with E-state index in [1.54, 1.807) is 67.6 Å². The molecule has 214 valence electrons. The molecule has 0 aliphatic carbocycles. The highest BCUT2D eigenvalue weighted by molar-refractivity contribution is 7.92. The Morgan fingerprint density at radius 3 is 2.25 bits per heavy atom. The van der Waals surface area contributed by atoms with E-state index in [1.165, 1.54) is 24.1 Å². The van der Waals surface area contributed by atoms with Gasteiger partial charge in [-0.1, -0.05) is 60.8 Å². The summed E-state index contributed by atoms with van der Waals surface area (Å²) in [5.74, 6) is -0.380. The molecule has 0 aliphatic heterocycles. The molecule has 0 spiro atoms. The van der Waals surface area contributed by atoms with Crippen molar-refractivity contribution in [1.82, 2.24) is 10.2 Å². The van der Waals surface area contributed by atoms with Gasteiger partial charge in [0.25, 0.3) is 10.0 Å². The van der Waals surface area contributed by atoms with Gasteiger partial charge >= 0.3 is 0 Å². The number of carbonyl (C=O) groups excluding carboxylic acids is 2. The number of benzene rings is 3. The number of nitrogens with one attached hydrogen (secondary N) is 1. The first-order valence-electron chi connectivity index (χ1n) is 12.8. The van der Waals surface area contributed by atoms with E-state index in [0.717, 1.165) is 17.1 Å². The highest BCUT2D eigenvalue weighted by Gasteiger charge is 2.32. The van der Waals surface area contributed by atoms with Crippen LogP contribution in [-0.4, -0.2) is 51.4 Å². The molecule has 0 unspecified atom stereocenters. The van der Waals surface area contributed by atoms with Crippen LogP contribution in [0.3, 0.4) is 0 Å². The number of nitrogens with zero attached hydrogens (tertiary/aromatic N) is 2. The van der Waals surface area contributed by atoms with Crippen molar-refractivity contribution in [3.8, 4) is 5.75 Å². The van der Waals surface area contributed by atoms with Crippen molar-refractivity contribution in [2.75, 3.05) is 24.5 Å². The molecule has 1 atom stereocenters. The Morgan fingerprint density at radius 2 is 1.65 bits per heavy atom. The maximum Gasteiger partial charge on any atom is 0.264 e. The summed E-state index contributed by atoms with van der Waals surface area (Å²) in [5.41, 5.74) is 0.908. The summed E-state index contributed by atoms with van der Waals surface area (Å²) in [7, 11) is -2.64. The molecular formula is C29H33Cl2N3O5S. The number of hydrogen-bond acceptors (Lipinski definition) is 5. The maximum absolute atomic E-state index is 13.9. The topological polar surface area (TPSA) is 96.0 Å². The molecule has 0 bridgehead atoms. The smallest absolute Gasteiger partial charge is 0.264 e. The van der Waals surface area contributed by atoms with Gasteiger partial charge in [-0.3, -0.25) is 13.9 Å². The van der Waals surface area contributed by atoms with Crippen LogP contribution in [0.5, 0.6) is 5.75 Å². The number of ether oxygens (including phenoxy) is 1. The van der Waals surface area contributed by atoms with Crippen LogP contribution in [0.2, 0.25) is 10.0 Å². The fraction of sp³-hybridized carbons (Fsp3) is 0.310. The number of rotatable bonds is 13. The molecular weight excluding hydrogens is 573 g/mol. The SMILES string of the molecule is CCCCNC(=O)[C@@H](C)N(Cc1ccc(Cl)c(Cl)c1)C(=O)CN(c1ccc(OC)cc1)S(=O)(=O)c1ccccc1. The molecule has 8 nitrogen and oxygen atoms in total. The van der Waals surface area contributed by atoms with Gasteiger partial charge in [0.2, 0.25) is 11.8 Å². The third kappa shape index (κ3) is 7.90. The molecule has 3 aromatic carbocycles. The van der Waals surface area contributed by atoms with Gasteiger partial charge in [0.15, 0.2) is 0 Å². The van der Waals surface area contributed by atoms with Crippen molar-refractivity contribution in [3.63, 3.8) is 0 Å². The molecule has 0 saturated carbocycles. The number of halogens is 2. The van der Waals surface area contributed by atoms with E-state index in [2.05, 4.69) is 5.32 Å². The van der Waals surface area contributed by atoms with E-state index in [1.807, 2.05) is 6.92 Å². The van der Waals surface area contributed by atoms with Crippen LogP contribution >= 0.6 is 23.2 Å². The first-order valence-corrected chi connectivity index (χ1v) is 15.0. The Morgan fingerprint density at radius 1 is 0.975 bits per heavy atom. The average molecular weight is 607 g/mol. The zero-order valence-corrected chi connectivity index (χ0v) is 25.0. The molecule has 0 aromatic heterocycles. The van der Waals surface area contributed by atoms with Gasteiger partial charge in [0.1, 0.15) is 18.3 Å². The molecule has 0 radical (unpaired) electrons. The van der Waals surface area contributed by atoms with Gasteiger partial charge in [-0.2, -0.15) is 0 Å². The predicted molar refractivity (Wildman–Crippen MR) is 158 cm³/mol. The van der Waals surface area contributed by atoms with Gasteiger partial charge in [-0.05, 0) is 67.4 Å². The van der Waals surface area contributed by atoms with Crippen molar-refractivity contribution in [3.05, 3.63) is 88.4 Å². The standard InChI is InChI=1S/C29H33Cl2N3O5S/c1-4-5-17-32-29(36)21(2)33(19-22-11-16-26(30)27(31)18-22)28(35)20-34(23-12-14-24(39-3)15-13-23)40(37,38)25-9-7-6-8-10-25/h6-16,18,21H,4-5,17,19-20H2,1-3H3,(H,32,36)/t21-/m1/s1. The number of methoxy groups -OCH3 is 1. The van der Waals surface area contributed by atoms with Gasteiger partial charge in [-0.25, -0.2) is 8.42 Å². The maximum atomic E-state index is 13.9. The number of hydrogen-bond donors (Lipinski definition) is 1. The molecule has 11 heteroatoms. The normalized spacial score (nSPS) is 11.9. The number of sulfonamides is 1. The zero-order chi connectivity index (χ0) is 29.3. The first kappa shape index (κ1) is 31.3. The Kier molecular flexibility index (Phi) is 11.2. The first-order chi connectivity index (χ1) is 19.1. The van der Waals surface area contributed by atoms with Gasteiger partial charge in [-0.15, -0.1) is 0 Å². The van der Waals surface area contributed by atoms with Crippen molar-refractivity contribution in [2.24, 2.45) is 0 Å². The lowest BCUT2D eigenvalue weighted by atomic mass is 10.1. The van der Waals surface area contributed by atoms with Crippen LogP contribution in [0.15, 0.2) is 77.7 Å². The molecule has 3 rings (SSSR count). The van der Waals surface area contributed by atoms with E-state index in [-0.39, 0.29) is 23.0 Å². The second-order valence-corrected chi connectivity index (χ2v) is 11.8. The van der Waals surface area contributed by atoms with Gasteiger partial charge in [0, 0.05) is 13.1 Å². The minimum atomic E-state index is -4.15. The molecule has 2 amide bonds. The number of carbonyl (C=O) groups is 2. The number of anilines is 1. The van der Waals surface area contributed by atoms with Crippen LogP contribution in [0, 0.1) is 0 Å². The average Bonchev–Trinajstić information content (AvgIpc) is 2.96. The minimum absolute atomic E-state index is 0.0138. The largest absolute Gasteiger partial charge is 0.497 e. The molecule has 0 saturated heterocycles. The number of amides is 2. The summed E-state index contributed by atoms with van der Waals surface area (Å²) in [6, 6.07) is 18.3. The summed E-state index contributed by atoms with van der Waals surface area (Å²) in [6.45, 7) is 3.56. The summed E-state index contributed by atoms with van der Waals surface area (Å²) >= 11 is 12.3. The quantitative estimate of drug-likeness (QED) is 0.258. The Balaban J connectivity index is 2.00. The summed E-state index contributed by atoms with van der Waals surface area (Å²) in [6.07, 6.45) is 1.69. The zero-order valence-electron chi connectivity index (χ0n) is 22.6. The Labute approximate surface area is 245 Å². The monoisotopic (exact) mass is 605 g/mol. The third-order valence-electron chi connectivity index (χ3n) is 6.30. The Hall–Kier alpha value is -3.27. The summed E-state index contributed by atoms with van der Waals surface area (Å²) in [4.78, 5) is 28.3. The van der Waals surface area contributed by atoms with Crippen molar-refractivity contribution in [2.45, 2.75) is 44.2 Å². The van der Waals surface area contributed by atoms with Crippen LogP contribution in [-0.2, 0) is 26.2 Å². The fourth-order valence-electron chi connectivity index (χ4n) is 3.95. The van der Waals surface area contributed by atoms with E-state index in [9.17, 15) is 18.0 Å². The van der Waals surface area contributed by atoms with Crippen LogP contribution in [0.1, 0.15) is 32.3 Å². The van der Waals surface area contributed by atoms with Crippen molar-refractivity contribution in [1.29, 1.82) is 0 Å². The van der Waals surface area contributed by atoms with Crippen LogP contribution in [0.4, 0.5) is 5.69 Å². The van der Waals surface area contributed by atoms with Crippen molar-refractivity contribution >= 4 is 50.7 Å². The van der Waals surface area contributed by atoms with Gasteiger partial charge in [0.05, 0.1) is 27.7 Å². The summed E-state index contributed by atoms with van der Waals surface area (Å²) < 4.78 is 33.8. The third-order valence-corrected chi connectivity index (χ3v) is 8.83. The lowest BCUT2D eigenvalue weighted by molar-refractivity contribution is -0.139. The van der Waals surface area contributed by atoms with Crippen LogP contribution < -0.4 is 14.4 Å². The lowest BCUT2D eigenvalue weighted by Gasteiger charge is -2.32. The Bertz CT molecular complexity index is 1400. The molecule has 1 N–H and O–H groups in total. The van der Waals surface area contributed by atoms with Crippen molar-refractivity contribution < 1.29 is 22.7 Å². The van der Waals surface area contributed by atoms with E-state index in [0.29, 0.717) is 27.9 Å². The van der Waals surface area contributed by atoms with Crippen LogP contribution in [0.25, 0.3) is 0 Å². The summed E-state index contributed by atoms with van der Waals surface area (Å²) in [5, 5.41) is 3.51. The van der Waals surface area contributed by atoms with E-state index < -0.39 is 28.5 Å². The molecule has 0 fully saturated rings. The predicted octanol–water partition coefficient (Wildman–Crippen LogP) is 5.53. The van der Waals surface area contributed by atoms with Gasteiger partial charge < -0.3 is 15.0 Å². The second kappa shape index (κ2) is 14.4. The highest BCUT2D eigenvalue weighted by Crippen LogP contribution is 2.27. The molecule has 40 heavy (non-hydrogen) atoms. The fourth-order valence-corrected chi connectivity index (χ4v) is 5.71. The molecule has 0 heterocycles. The molecule has 3 aromatic rings. The lowest BCUT2D eigenvalue weighted by Crippen LogP contribution is -2.51. The van der Waals surface area contributed by atoms with E-state index in [4.69, 9.17) is 27.9 Å². The second-order valence-electron chi connectivity index (χ2n) is 9.11. The van der Waals surface area contributed by atoms with E-state index >= 15 is 0 Å². The molecule has 0 aliphatic rings. The number of unbranched alkanes of at least 4 members (excludes halogenated alkanes) is 1. The minimum Gasteiger partial charge on any atom is -0.497 e. The highest BCUT2D eigenvalue weighted by atomic mass is 35.5.